The molecule has 23 heavy (non-hydrogen) atoms. The Hall–Kier alpha value is -0.610. The van der Waals surface area contributed by atoms with E-state index in [1.54, 1.807) is 0 Å². The number of ether oxygens (including phenoxy) is 3. The number of hydrogen-bond donors (Lipinski definition) is 0. The van der Waals surface area contributed by atoms with Gasteiger partial charge in [-0.3, -0.25) is 4.79 Å². The van der Waals surface area contributed by atoms with Crippen molar-refractivity contribution >= 4 is 5.97 Å². The molecule has 4 aliphatic carbocycles. The van der Waals surface area contributed by atoms with Gasteiger partial charge in [-0.05, 0) is 82.5 Å². The van der Waals surface area contributed by atoms with Crippen LogP contribution in [0, 0.1) is 29.1 Å². The molecule has 4 rings (SSSR count). The van der Waals surface area contributed by atoms with Gasteiger partial charge in [0, 0.05) is 13.2 Å². The minimum absolute atomic E-state index is 0.0377. The summed E-state index contributed by atoms with van der Waals surface area (Å²) in [6.45, 7) is 7.36. The largest absolute Gasteiger partial charge is 0.466 e. The normalized spacial score (nSPS) is 36.4. The van der Waals surface area contributed by atoms with Gasteiger partial charge in [0.15, 0.2) is 6.29 Å². The number of hydrogen-bond acceptors (Lipinski definition) is 4. The lowest BCUT2D eigenvalue weighted by atomic mass is 9.46. The van der Waals surface area contributed by atoms with E-state index >= 15 is 0 Å². The lowest BCUT2D eigenvalue weighted by molar-refractivity contribution is -0.227. The van der Waals surface area contributed by atoms with Crippen LogP contribution < -0.4 is 0 Å². The van der Waals surface area contributed by atoms with Crippen molar-refractivity contribution in [1.29, 1.82) is 0 Å². The second-order valence-electron chi connectivity index (χ2n) is 7.79. The molecular formula is C19H32O4. The van der Waals surface area contributed by atoms with Crippen LogP contribution in [0.15, 0.2) is 0 Å². The summed E-state index contributed by atoms with van der Waals surface area (Å²) in [6, 6.07) is 0. The number of carbonyl (C=O) groups is 1. The predicted molar refractivity (Wildman–Crippen MR) is 87.8 cm³/mol. The zero-order chi connectivity index (χ0) is 16.4. The van der Waals surface area contributed by atoms with Gasteiger partial charge in [0.05, 0.1) is 6.61 Å². The second-order valence-corrected chi connectivity index (χ2v) is 7.79. The van der Waals surface area contributed by atoms with E-state index in [4.69, 9.17) is 14.2 Å². The van der Waals surface area contributed by atoms with Crippen LogP contribution in [0.5, 0.6) is 0 Å². The molecule has 132 valence electrons. The Kier molecular flexibility index (Phi) is 5.32. The molecule has 0 aromatic heterocycles. The predicted octanol–water partition coefficient (Wildman–Crippen LogP) is 3.78. The fourth-order valence-electron chi connectivity index (χ4n) is 6.01. The third-order valence-electron chi connectivity index (χ3n) is 6.22. The Bertz CT molecular complexity index is 378. The highest BCUT2D eigenvalue weighted by molar-refractivity contribution is 5.74. The molecule has 0 radical (unpaired) electrons. The van der Waals surface area contributed by atoms with Gasteiger partial charge >= 0.3 is 5.97 Å². The van der Waals surface area contributed by atoms with Gasteiger partial charge < -0.3 is 14.2 Å². The van der Waals surface area contributed by atoms with Crippen molar-refractivity contribution in [2.24, 2.45) is 29.1 Å². The maximum atomic E-state index is 12.9. The van der Waals surface area contributed by atoms with Crippen LogP contribution >= 0.6 is 0 Å². The molecule has 4 heteroatoms. The standard InChI is InChI=1S/C19H32O4/c1-4-21-17(20)16(18(22-5-2)23-6-3)19-10-13-7-14(11-19)9-15(8-13)12-19/h13-16,18H,4-12H2,1-3H3. The van der Waals surface area contributed by atoms with Crippen LogP contribution in [0.25, 0.3) is 0 Å². The molecule has 0 aromatic carbocycles. The van der Waals surface area contributed by atoms with E-state index in [2.05, 4.69) is 0 Å². The van der Waals surface area contributed by atoms with Gasteiger partial charge in [0.2, 0.25) is 0 Å². The van der Waals surface area contributed by atoms with E-state index in [1.807, 2.05) is 20.8 Å². The third-order valence-corrected chi connectivity index (χ3v) is 6.22. The maximum Gasteiger partial charge on any atom is 0.314 e. The molecule has 0 N–H and O–H groups in total. The lowest BCUT2D eigenvalue weighted by Gasteiger charge is -2.59. The Morgan fingerprint density at radius 1 is 0.913 bits per heavy atom. The first-order chi connectivity index (χ1) is 11.1. The Morgan fingerprint density at radius 3 is 1.78 bits per heavy atom. The Balaban J connectivity index is 1.89. The van der Waals surface area contributed by atoms with Crippen molar-refractivity contribution < 1.29 is 19.0 Å². The lowest BCUT2D eigenvalue weighted by Crippen LogP contribution is -2.55. The van der Waals surface area contributed by atoms with E-state index in [1.165, 1.54) is 19.3 Å². The van der Waals surface area contributed by atoms with Crippen molar-refractivity contribution in [1.82, 2.24) is 0 Å². The first-order valence-corrected chi connectivity index (χ1v) is 9.51. The van der Waals surface area contributed by atoms with Crippen LogP contribution in [0.3, 0.4) is 0 Å². The molecule has 0 spiro atoms. The van der Waals surface area contributed by atoms with Gasteiger partial charge in [-0.15, -0.1) is 0 Å². The quantitative estimate of drug-likeness (QED) is 0.503. The molecule has 1 unspecified atom stereocenters. The zero-order valence-corrected chi connectivity index (χ0v) is 14.9. The summed E-state index contributed by atoms with van der Waals surface area (Å²) in [4.78, 5) is 12.9. The highest BCUT2D eigenvalue weighted by Gasteiger charge is 2.58. The molecule has 4 fully saturated rings. The van der Waals surface area contributed by atoms with E-state index in [9.17, 15) is 4.79 Å². The molecule has 4 nitrogen and oxygen atoms in total. The summed E-state index contributed by atoms with van der Waals surface area (Å²) in [5, 5.41) is 0. The van der Waals surface area contributed by atoms with Crippen LogP contribution in [0.4, 0.5) is 0 Å². The SMILES string of the molecule is CCOC(=O)C(C(OCC)OCC)C12CC3CC(CC(C3)C1)C2. The average Bonchev–Trinajstić information content (AvgIpc) is 2.46. The molecule has 4 saturated carbocycles. The first-order valence-electron chi connectivity index (χ1n) is 9.51. The molecule has 4 aliphatic rings. The summed E-state index contributed by atoms with van der Waals surface area (Å²) < 4.78 is 17.2. The van der Waals surface area contributed by atoms with Gasteiger partial charge in [0.25, 0.3) is 0 Å². The van der Waals surface area contributed by atoms with Gasteiger partial charge in [-0.2, -0.15) is 0 Å². The molecular weight excluding hydrogens is 292 g/mol. The highest BCUT2D eigenvalue weighted by atomic mass is 16.7. The van der Waals surface area contributed by atoms with Gasteiger partial charge in [0.1, 0.15) is 5.92 Å². The summed E-state index contributed by atoms with van der Waals surface area (Å²) in [7, 11) is 0. The van der Waals surface area contributed by atoms with Crippen molar-refractivity contribution in [3.05, 3.63) is 0 Å². The van der Waals surface area contributed by atoms with Crippen LogP contribution in [0.1, 0.15) is 59.3 Å². The number of carbonyl (C=O) groups excluding carboxylic acids is 1. The monoisotopic (exact) mass is 324 g/mol. The third kappa shape index (κ3) is 3.30. The van der Waals surface area contributed by atoms with Crippen molar-refractivity contribution in [2.75, 3.05) is 19.8 Å². The van der Waals surface area contributed by atoms with E-state index < -0.39 is 6.29 Å². The summed E-state index contributed by atoms with van der Waals surface area (Å²) in [5.41, 5.74) is 0.0377. The number of rotatable bonds is 8. The molecule has 1 atom stereocenters. The topological polar surface area (TPSA) is 44.8 Å². The van der Waals surface area contributed by atoms with Crippen molar-refractivity contribution in [3.63, 3.8) is 0 Å². The minimum atomic E-state index is -0.458. The minimum Gasteiger partial charge on any atom is -0.466 e. The first kappa shape index (κ1) is 17.2. The summed E-state index contributed by atoms with van der Waals surface area (Å²) in [5.74, 6) is 2.00. The second kappa shape index (κ2) is 7.10. The molecule has 0 saturated heterocycles. The van der Waals surface area contributed by atoms with Gasteiger partial charge in [-0.1, -0.05) is 0 Å². The van der Waals surface area contributed by atoms with E-state index in [0.717, 1.165) is 37.0 Å². The van der Waals surface area contributed by atoms with E-state index in [-0.39, 0.29) is 17.3 Å². The smallest absolute Gasteiger partial charge is 0.314 e. The highest BCUT2D eigenvalue weighted by Crippen LogP contribution is 2.63. The van der Waals surface area contributed by atoms with Crippen molar-refractivity contribution in [2.45, 2.75) is 65.6 Å². The Labute approximate surface area is 140 Å². The maximum absolute atomic E-state index is 12.9. The fraction of sp³-hybridized carbons (Fsp3) is 0.947. The summed E-state index contributed by atoms with van der Waals surface area (Å²) >= 11 is 0. The molecule has 0 aromatic rings. The molecule has 0 aliphatic heterocycles. The van der Waals surface area contributed by atoms with Crippen LogP contribution in [0.2, 0.25) is 0 Å². The van der Waals surface area contributed by atoms with Crippen molar-refractivity contribution in [3.8, 4) is 0 Å². The van der Waals surface area contributed by atoms with Crippen LogP contribution in [-0.2, 0) is 19.0 Å². The molecule has 0 heterocycles. The van der Waals surface area contributed by atoms with Crippen LogP contribution in [-0.4, -0.2) is 32.1 Å². The van der Waals surface area contributed by atoms with E-state index in [0.29, 0.717) is 19.8 Å². The molecule has 4 bridgehead atoms. The van der Waals surface area contributed by atoms with Gasteiger partial charge in [-0.25, -0.2) is 0 Å². The number of esters is 1. The molecule has 0 amide bonds. The Morgan fingerprint density at radius 2 is 1.39 bits per heavy atom. The average molecular weight is 324 g/mol. The summed E-state index contributed by atoms with van der Waals surface area (Å²) in [6.07, 6.45) is 7.09. The zero-order valence-electron chi connectivity index (χ0n) is 14.9. The fourth-order valence-corrected chi connectivity index (χ4v) is 6.01.